The van der Waals surface area contributed by atoms with Crippen LogP contribution >= 0.6 is 0 Å². The number of para-hydroxylation sites is 1. The Morgan fingerprint density at radius 3 is 2.71 bits per heavy atom. The predicted molar refractivity (Wildman–Crippen MR) is 122 cm³/mol. The summed E-state index contributed by atoms with van der Waals surface area (Å²) in [6, 6.07) is 14.4. The molecule has 1 aromatic heterocycles. The average molecular weight is 421 g/mol. The van der Waals surface area contributed by atoms with Crippen LogP contribution in [0, 0.1) is 6.92 Å². The van der Waals surface area contributed by atoms with Crippen LogP contribution in [0.5, 0.6) is 5.75 Å². The fourth-order valence-corrected chi connectivity index (χ4v) is 5.35. The number of aliphatic hydroxyl groups is 2. The Hall–Kier alpha value is -2.34. The fraction of sp³-hybridized carbons (Fsp3) is 0.462. The number of aryl methyl sites for hydroxylation is 2. The summed E-state index contributed by atoms with van der Waals surface area (Å²) in [5.74, 6) is 0.824. The van der Waals surface area contributed by atoms with Gasteiger partial charge in [0.05, 0.1) is 12.2 Å². The molecule has 0 amide bonds. The molecule has 31 heavy (non-hydrogen) atoms. The molecule has 2 atom stereocenters. The molecule has 1 fully saturated rings. The van der Waals surface area contributed by atoms with E-state index >= 15 is 0 Å². The van der Waals surface area contributed by atoms with Gasteiger partial charge in [-0.15, -0.1) is 0 Å². The van der Waals surface area contributed by atoms with E-state index in [0.29, 0.717) is 13.0 Å². The van der Waals surface area contributed by atoms with Crippen molar-refractivity contribution < 1.29 is 14.9 Å². The van der Waals surface area contributed by atoms with Gasteiger partial charge in [-0.2, -0.15) is 0 Å². The van der Waals surface area contributed by atoms with E-state index in [9.17, 15) is 10.2 Å². The highest BCUT2D eigenvalue weighted by atomic mass is 16.5. The number of nitrogens with zero attached hydrogens (tertiary/aromatic N) is 2. The minimum Gasteiger partial charge on any atom is -0.487 e. The van der Waals surface area contributed by atoms with E-state index in [1.165, 1.54) is 5.52 Å². The van der Waals surface area contributed by atoms with Gasteiger partial charge in [0.15, 0.2) is 0 Å². The lowest BCUT2D eigenvalue weighted by molar-refractivity contribution is -0.0587. The zero-order valence-corrected chi connectivity index (χ0v) is 18.4. The molecule has 2 unspecified atom stereocenters. The molecule has 0 radical (unpaired) electrons. The average Bonchev–Trinajstić information content (AvgIpc) is 3.15. The first-order valence-corrected chi connectivity index (χ1v) is 11.4. The van der Waals surface area contributed by atoms with E-state index < -0.39 is 12.2 Å². The van der Waals surface area contributed by atoms with Crippen molar-refractivity contribution in [1.29, 1.82) is 0 Å². The minimum absolute atomic E-state index is 0.304. The normalized spacial score (nSPS) is 21.7. The van der Waals surface area contributed by atoms with Crippen molar-refractivity contribution in [2.45, 2.75) is 57.5 Å². The summed E-state index contributed by atoms with van der Waals surface area (Å²) in [5.41, 5.74) is 3.93. The number of aromatic nitrogens is 1. The second-order valence-electron chi connectivity index (χ2n) is 9.25. The number of hydrogen-bond donors (Lipinski definition) is 2. The molecule has 3 heterocycles. The van der Waals surface area contributed by atoms with Gasteiger partial charge >= 0.3 is 0 Å². The Morgan fingerprint density at radius 2 is 1.94 bits per heavy atom. The molecule has 0 aliphatic carbocycles. The third kappa shape index (κ3) is 3.75. The summed E-state index contributed by atoms with van der Waals surface area (Å²) in [5, 5.41) is 22.9. The number of rotatable bonds is 4. The molecule has 2 aromatic carbocycles. The van der Waals surface area contributed by atoms with Crippen LogP contribution in [0.2, 0.25) is 0 Å². The van der Waals surface area contributed by atoms with Crippen molar-refractivity contribution in [3.63, 3.8) is 0 Å². The van der Waals surface area contributed by atoms with E-state index in [-0.39, 0.29) is 5.60 Å². The van der Waals surface area contributed by atoms with Crippen molar-refractivity contribution in [3.8, 4) is 5.75 Å². The number of aliphatic hydroxyl groups excluding tert-OH is 2. The standard InChI is InChI=1S/C26H32N2O3/c1-3-28-16-21(19-6-4-5-7-22(19)28)24(30)17-27-12-10-26(11-13-27)15-23(29)20-14-18(2)8-9-25(20)31-26/h4-9,14,16,23-24,29-30H,3,10-13,15,17H2,1-2H3. The lowest BCUT2D eigenvalue weighted by atomic mass is 9.81. The smallest absolute Gasteiger partial charge is 0.125 e. The van der Waals surface area contributed by atoms with Gasteiger partial charge in [-0.05, 0) is 44.9 Å². The third-order valence-electron chi connectivity index (χ3n) is 7.13. The molecule has 0 saturated carbocycles. The highest BCUT2D eigenvalue weighted by Gasteiger charge is 2.43. The van der Waals surface area contributed by atoms with Crippen LogP contribution in [0.25, 0.3) is 10.9 Å². The molecule has 5 nitrogen and oxygen atoms in total. The van der Waals surface area contributed by atoms with Crippen molar-refractivity contribution in [1.82, 2.24) is 9.47 Å². The van der Waals surface area contributed by atoms with Crippen LogP contribution in [-0.2, 0) is 6.54 Å². The zero-order chi connectivity index (χ0) is 21.6. The number of fused-ring (bicyclic) bond motifs is 2. The van der Waals surface area contributed by atoms with Crippen LogP contribution in [0.3, 0.4) is 0 Å². The molecule has 5 rings (SSSR count). The Kier molecular flexibility index (Phi) is 5.29. The molecular weight excluding hydrogens is 388 g/mol. The van der Waals surface area contributed by atoms with Gasteiger partial charge in [0.25, 0.3) is 0 Å². The maximum absolute atomic E-state index is 11.1. The molecule has 2 aliphatic rings. The van der Waals surface area contributed by atoms with Crippen LogP contribution in [0.15, 0.2) is 48.7 Å². The minimum atomic E-state index is -0.520. The van der Waals surface area contributed by atoms with E-state index in [2.05, 4.69) is 34.7 Å². The molecule has 3 aromatic rings. The van der Waals surface area contributed by atoms with Gasteiger partial charge < -0.3 is 24.4 Å². The molecule has 1 saturated heterocycles. The number of piperidine rings is 1. The zero-order valence-electron chi connectivity index (χ0n) is 18.4. The van der Waals surface area contributed by atoms with Crippen LogP contribution in [0.1, 0.15) is 55.1 Å². The fourth-order valence-electron chi connectivity index (χ4n) is 5.35. The molecule has 0 bridgehead atoms. The van der Waals surface area contributed by atoms with E-state index in [1.807, 2.05) is 37.3 Å². The lowest BCUT2D eigenvalue weighted by Crippen LogP contribution is -2.51. The van der Waals surface area contributed by atoms with Crippen molar-refractivity contribution >= 4 is 10.9 Å². The first-order valence-electron chi connectivity index (χ1n) is 11.4. The number of likely N-dealkylation sites (tertiary alicyclic amines) is 1. The largest absolute Gasteiger partial charge is 0.487 e. The summed E-state index contributed by atoms with van der Waals surface area (Å²) in [4.78, 5) is 2.33. The first-order chi connectivity index (χ1) is 15.0. The van der Waals surface area contributed by atoms with Crippen LogP contribution < -0.4 is 4.74 Å². The summed E-state index contributed by atoms with van der Waals surface area (Å²) >= 11 is 0. The van der Waals surface area contributed by atoms with Crippen molar-refractivity contribution in [2.24, 2.45) is 0 Å². The van der Waals surface area contributed by atoms with Crippen LogP contribution in [-0.4, -0.2) is 44.9 Å². The Morgan fingerprint density at radius 1 is 1.16 bits per heavy atom. The number of hydrogen-bond acceptors (Lipinski definition) is 4. The van der Waals surface area contributed by atoms with E-state index in [0.717, 1.165) is 60.3 Å². The van der Waals surface area contributed by atoms with Crippen molar-refractivity contribution in [2.75, 3.05) is 19.6 Å². The molecule has 2 aliphatic heterocycles. The van der Waals surface area contributed by atoms with Gasteiger partial charge in [0, 0.05) is 60.8 Å². The topological polar surface area (TPSA) is 57.9 Å². The SMILES string of the molecule is CCn1cc(C(O)CN2CCC3(CC2)CC(O)c2cc(C)ccc2O3)c2ccccc21. The third-order valence-corrected chi connectivity index (χ3v) is 7.13. The Labute approximate surface area is 183 Å². The second-order valence-corrected chi connectivity index (χ2v) is 9.25. The highest BCUT2D eigenvalue weighted by molar-refractivity contribution is 5.84. The summed E-state index contributed by atoms with van der Waals surface area (Å²) < 4.78 is 8.65. The highest BCUT2D eigenvalue weighted by Crippen LogP contribution is 2.44. The molecule has 5 heteroatoms. The molecule has 164 valence electrons. The second kappa shape index (κ2) is 7.97. The van der Waals surface area contributed by atoms with Gasteiger partial charge in [0.2, 0.25) is 0 Å². The summed E-state index contributed by atoms with van der Waals surface area (Å²) in [6.45, 7) is 7.39. The van der Waals surface area contributed by atoms with Gasteiger partial charge in [0.1, 0.15) is 11.4 Å². The summed E-state index contributed by atoms with van der Waals surface area (Å²) in [7, 11) is 0. The van der Waals surface area contributed by atoms with E-state index in [4.69, 9.17) is 4.74 Å². The molecule has 2 N–H and O–H groups in total. The Bertz CT molecular complexity index is 1080. The van der Waals surface area contributed by atoms with E-state index in [1.54, 1.807) is 0 Å². The van der Waals surface area contributed by atoms with Gasteiger partial charge in [-0.3, -0.25) is 0 Å². The number of β-amino-alcohol motifs (C(OH)–C–C–N with tert-alkyl or cyclic N) is 1. The maximum atomic E-state index is 11.1. The summed E-state index contributed by atoms with van der Waals surface area (Å²) in [6.07, 6.45) is 3.47. The lowest BCUT2D eigenvalue weighted by Gasteiger charge is -2.46. The Balaban J connectivity index is 1.27. The quantitative estimate of drug-likeness (QED) is 0.659. The number of ether oxygens (including phenoxy) is 1. The maximum Gasteiger partial charge on any atom is 0.125 e. The molecule has 1 spiro atoms. The van der Waals surface area contributed by atoms with Gasteiger partial charge in [-0.1, -0.05) is 29.8 Å². The first kappa shape index (κ1) is 20.6. The molecular formula is C26H32N2O3. The number of benzene rings is 2. The van der Waals surface area contributed by atoms with Crippen LogP contribution in [0.4, 0.5) is 0 Å². The monoisotopic (exact) mass is 420 g/mol. The van der Waals surface area contributed by atoms with Gasteiger partial charge in [-0.25, -0.2) is 0 Å². The van der Waals surface area contributed by atoms with Crippen molar-refractivity contribution in [3.05, 3.63) is 65.4 Å². The predicted octanol–water partition coefficient (Wildman–Crippen LogP) is 4.35.